The number of benzene rings is 1. The number of piperidine rings is 1. The second-order valence-corrected chi connectivity index (χ2v) is 9.05. The summed E-state index contributed by atoms with van der Waals surface area (Å²) < 4.78 is 24.0. The maximum absolute atomic E-state index is 13.2. The Morgan fingerprint density at radius 1 is 1.19 bits per heavy atom. The summed E-state index contributed by atoms with van der Waals surface area (Å²) in [5, 5.41) is 1.24. The van der Waals surface area contributed by atoms with E-state index in [0.717, 1.165) is 24.1 Å². The lowest BCUT2D eigenvalue weighted by Gasteiger charge is -2.43. The zero-order valence-electron chi connectivity index (χ0n) is 15.2. The van der Waals surface area contributed by atoms with Gasteiger partial charge in [-0.2, -0.15) is 0 Å². The van der Waals surface area contributed by atoms with Crippen molar-refractivity contribution in [2.75, 3.05) is 19.8 Å². The Labute approximate surface area is 153 Å². The molecule has 140 valence electrons. The zero-order chi connectivity index (χ0) is 18.3. The van der Waals surface area contributed by atoms with E-state index in [9.17, 15) is 9.36 Å². The molecule has 7 heteroatoms. The summed E-state index contributed by atoms with van der Waals surface area (Å²) in [7, 11) is -3.43. The minimum atomic E-state index is -3.43. The lowest BCUT2D eigenvalue weighted by atomic mass is 9.90. The molecule has 1 fully saturated rings. The van der Waals surface area contributed by atoms with Gasteiger partial charge >= 0.3 is 7.60 Å². The van der Waals surface area contributed by atoms with Gasteiger partial charge in [-0.3, -0.25) is 9.36 Å². The number of hydrogen-bond acceptors (Lipinski definition) is 4. The number of hydrogen-bond donors (Lipinski definition) is 1. The first kappa shape index (κ1) is 17.8. The van der Waals surface area contributed by atoms with Crippen molar-refractivity contribution in [2.45, 2.75) is 44.8 Å². The Morgan fingerprint density at radius 2 is 1.92 bits per heavy atom. The van der Waals surface area contributed by atoms with Gasteiger partial charge in [0.05, 0.1) is 19.3 Å². The number of carbonyl (C=O) groups excluding carboxylic acids is 1. The van der Waals surface area contributed by atoms with E-state index in [1.54, 1.807) is 13.8 Å². The van der Waals surface area contributed by atoms with Gasteiger partial charge in [-0.25, -0.2) is 0 Å². The lowest BCUT2D eigenvalue weighted by molar-refractivity contribution is -0.137. The maximum Gasteiger partial charge on any atom is 0.343 e. The van der Waals surface area contributed by atoms with Crippen LogP contribution >= 0.6 is 7.60 Å². The quantitative estimate of drug-likeness (QED) is 0.800. The molecule has 0 bridgehead atoms. The van der Waals surface area contributed by atoms with Crippen molar-refractivity contribution in [1.82, 2.24) is 9.88 Å². The van der Waals surface area contributed by atoms with E-state index >= 15 is 0 Å². The van der Waals surface area contributed by atoms with E-state index < -0.39 is 13.3 Å². The van der Waals surface area contributed by atoms with E-state index in [-0.39, 0.29) is 25.2 Å². The second-order valence-electron chi connectivity index (χ2n) is 6.83. The van der Waals surface area contributed by atoms with Crippen molar-refractivity contribution in [3.05, 3.63) is 35.5 Å². The van der Waals surface area contributed by atoms with Gasteiger partial charge in [-0.05, 0) is 44.7 Å². The van der Waals surface area contributed by atoms with Gasteiger partial charge in [0, 0.05) is 23.1 Å². The van der Waals surface area contributed by atoms with E-state index in [1.165, 1.54) is 10.9 Å². The fourth-order valence-electron chi connectivity index (χ4n) is 4.38. The number of rotatable bonds is 5. The molecular formula is C19H25N2O4P. The van der Waals surface area contributed by atoms with Crippen LogP contribution in [0.3, 0.4) is 0 Å². The number of aromatic nitrogens is 1. The van der Waals surface area contributed by atoms with Crippen LogP contribution in [0.5, 0.6) is 0 Å². The number of aromatic amines is 1. The molecule has 1 aromatic heterocycles. The highest BCUT2D eigenvalue weighted by Crippen LogP contribution is 2.58. The molecule has 0 aliphatic carbocycles. The largest absolute Gasteiger partial charge is 0.356 e. The van der Waals surface area contributed by atoms with Crippen molar-refractivity contribution in [1.29, 1.82) is 0 Å². The molecular weight excluding hydrogens is 351 g/mol. The fraction of sp³-hybridized carbons (Fsp3) is 0.526. The Hall–Kier alpha value is -1.62. The number of nitrogens with one attached hydrogen (secondary N) is 1. The van der Waals surface area contributed by atoms with Gasteiger partial charge in [0.15, 0.2) is 0 Å². The molecule has 2 atom stereocenters. The van der Waals surface area contributed by atoms with Gasteiger partial charge in [0.2, 0.25) is 5.91 Å². The molecule has 1 amide bonds. The summed E-state index contributed by atoms with van der Waals surface area (Å²) >= 11 is 0. The molecule has 3 heterocycles. The van der Waals surface area contributed by atoms with Crippen LogP contribution in [-0.2, 0) is 24.8 Å². The average Bonchev–Trinajstić information content (AvgIpc) is 3.01. The number of carbonyl (C=O) groups is 1. The van der Waals surface area contributed by atoms with Crippen molar-refractivity contribution in [3.63, 3.8) is 0 Å². The van der Waals surface area contributed by atoms with Gasteiger partial charge < -0.3 is 18.9 Å². The summed E-state index contributed by atoms with van der Waals surface area (Å²) in [5.41, 5.74) is 2.87. The number of amides is 1. The first-order valence-corrected chi connectivity index (χ1v) is 11.0. The molecule has 6 nitrogen and oxygen atoms in total. The fourth-order valence-corrected chi connectivity index (χ4v) is 6.42. The minimum Gasteiger partial charge on any atom is -0.356 e. The van der Waals surface area contributed by atoms with Crippen LogP contribution < -0.4 is 0 Å². The molecule has 0 radical (unpaired) electrons. The van der Waals surface area contributed by atoms with Crippen LogP contribution in [0.25, 0.3) is 10.9 Å². The van der Waals surface area contributed by atoms with Gasteiger partial charge in [-0.1, -0.05) is 18.2 Å². The predicted octanol–water partition coefficient (Wildman–Crippen LogP) is 4.02. The van der Waals surface area contributed by atoms with Crippen molar-refractivity contribution in [3.8, 4) is 0 Å². The molecule has 0 spiro atoms. The molecule has 2 aromatic rings. The molecule has 4 rings (SSSR count). The second kappa shape index (κ2) is 6.84. The zero-order valence-corrected chi connectivity index (χ0v) is 16.1. The minimum absolute atomic E-state index is 0.0200. The third-order valence-corrected chi connectivity index (χ3v) is 7.92. The third-order valence-electron chi connectivity index (χ3n) is 5.44. The molecule has 2 aliphatic rings. The SMILES string of the molecule is CCOP(=O)(OCC)C1CCC2c3[nH]c4ccccc4c3CCN2C1=O. The average molecular weight is 376 g/mol. The molecule has 2 unspecified atom stereocenters. The number of nitrogens with zero attached hydrogens (tertiary/aromatic N) is 1. The monoisotopic (exact) mass is 376 g/mol. The van der Waals surface area contributed by atoms with Crippen molar-refractivity contribution in [2.24, 2.45) is 0 Å². The van der Waals surface area contributed by atoms with Crippen LogP contribution in [0.1, 0.15) is 44.0 Å². The van der Waals surface area contributed by atoms with Crippen LogP contribution in [0.4, 0.5) is 0 Å². The summed E-state index contributed by atoms with van der Waals surface area (Å²) in [6, 6.07) is 8.29. The van der Waals surface area contributed by atoms with E-state index in [1.807, 2.05) is 17.0 Å². The highest BCUT2D eigenvalue weighted by Gasteiger charge is 2.49. The van der Waals surface area contributed by atoms with E-state index in [2.05, 4.69) is 17.1 Å². The first-order chi connectivity index (χ1) is 12.6. The Morgan fingerprint density at radius 3 is 2.65 bits per heavy atom. The summed E-state index contributed by atoms with van der Waals surface area (Å²) in [4.78, 5) is 18.5. The Kier molecular flexibility index (Phi) is 4.68. The summed E-state index contributed by atoms with van der Waals surface area (Å²) in [6.45, 7) is 4.75. The number of para-hydroxylation sites is 1. The van der Waals surface area contributed by atoms with Crippen LogP contribution in [0.15, 0.2) is 24.3 Å². The predicted molar refractivity (Wildman–Crippen MR) is 100 cm³/mol. The van der Waals surface area contributed by atoms with Crippen molar-refractivity contribution < 1.29 is 18.4 Å². The Balaban J connectivity index is 1.66. The first-order valence-electron chi connectivity index (χ1n) is 9.37. The normalized spacial score (nSPS) is 23.2. The number of fused-ring (bicyclic) bond motifs is 5. The topological polar surface area (TPSA) is 71.6 Å². The molecule has 1 aromatic carbocycles. The molecule has 0 saturated carbocycles. The summed E-state index contributed by atoms with van der Waals surface area (Å²) in [6.07, 6.45) is 2.09. The van der Waals surface area contributed by atoms with Gasteiger partial charge in [0.25, 0.3) is 0 Å². The molecule has 1 N–H and O–H groups in total. The number of H-pyrrole nitrogens is 1. The standard InChI is InChI=1S/C19H25N2O4P/c1-3-24-26(23,25-4-2)17-10-9-16-18-14(11-12-21(16)19(17)22)13-7-5-6-8-15(13)20-18/h5-8,16-17,20H,3-4,9-12H2,1-2H3. The van der Waals surface area contributed by atoms with E-state index in [4.69, 9.17) is 9.05 Å². The van der Waals surface area contributed by atoms with Crippen molar-refractivity contribution >= 4 is 24.4 Å². The maximum atomic E-state index is 13.2. The Bertz CT molecular complexity index is 868. The van der Waals surface area contributed by atoms with Crippen LogP contribution in [0, 0.1) is 0 Å². The molecule has 26 heavy (non-hydrogen) atoms. The van der Waals surface area contributed by atoms with Crippen LogP contribution in [-0.4, -0.2) is 41.2 Å². The lowest BCUT2D eigenvalue weighted by Crippen LogP contribution is -2.49. The van der Waals surface area contributed by atoms with E-state index in [0.29, 0.717) is 13.0 Å². The smallest absolute Gasteiger partial charge is 0.343 e. The molecule has 2 aliphatic heterocycles. The summed E-state index contributed by atoms with van der Waals surface area (Å²) in [5.74, 6) is -0.101. The highest BCUT2D eigenvalue weighted by atomic mass is 31.2. The van der Waals surface area contributed by atoms with Crippen LogP contribution in [0.2, 0.25) is 0 Å². The van der Waals surface area contributed by atoms with Gasteiger partial charge in [-0.15, -0.1) is 0 Å². The third kappa shape index (κ3) is 2.72. The van der Waals surface area contributed by atoms with Gasteiger partial charge in [0.1, 0.15) is 5.66 Å². The molecule has 1 saturated heterocycles. The highest BCUT2D eigenvalue weighted by molar-refractivity contribution is 7.55.